The molecule has 1 heterocycles. The normalized spacial score (nSPS) is 11.6. The fraction of sp³-hybridized carbons (Fsp3) is 0.417. The third kappa shape index (κ3) is 5.37. The smallest absolute Gasteiger partial charge is 0.225 e. The van der Waals surface area contributed by atoms with E-state index in [1.165, 1.54) is 0 Å². The average Bonchev–Trinajstić information content (AvgIpc) is 3.03. The molecule has 0 unspecified atom stereocenters. The molecule has 0 fully saturated rings. The van der Waals surface area contributed by atoms with E-state index in [0.717, 1.165) is 41.1 Å². The third-order valence-electron chi connectivity index (χ3n) is 4.93. The molecule has 0 saturated heterocycles. The summed E-state index contributed by atoms with van der Waals surface area (Å²) >= 11 is 0. The Kier molecular flexibility index (Phi) is 6.57. The standard InChI is InChI=1S/C24H31N3O2/c1-18-10-5-8-13-21(18)29-17-9-16-27-20-12-7-6-11-19(20)26-22(27)14-15-25-23(28)24(2,3)4/h5-8,10-13H,9,14-17H2,1-4H3,(H,25,28). The van der Waals surface area contributed by atoms with Gasteiger partial charge in [0.15, 0.2) is 0 Å². The van der Waals surface area contributed by atoms with Crippen molar-refractivity contribution in [2.75, 3.05) is 13.2 Å². The lowest BCUT2D eigenvalue weighted by molar-refractivity contribution is -0.128. The molecule has 0 aliphatic carbocycles. The highest BCUT2D eigenvalue weighted by molar-refractivity contribution is 5.81. The molecular weight excluding hydrogens is 362 g/mol. The second kappa shape index (κ2) is 9.12. The van der Waals surface area contributed by atoms with Crippen LogP contribution in [0.3, 0.4) is 0 Å². The molecule has 5 nitrogen and oxygen atoms in total. The fourth-order valence-electron chi connectivity index (χ4n) is 3.24. The number of rotatable bonds is 8. The number of aromatic nitrogens is 2. The van der Waals surface area contributed by atoms with Gasteiger partial charge < -0.3 is 14.6 Å². The monoisotopic (exact) mass is 393 g/mol. The summed E-state index contributed by atoms with van der Waals surface area (Å²) in [7, 11) is 0. The Morgan fingerprint density at radius 2 is 1.83 bits per heavy atom. The molecule has 3 aromatic rings. The van der Waals surface area contributed by atoms with Crippen molar-refractivity contribution in [3.63, 3.8) is 0 Å². The van der Waals surface area contributed by atoms with Crippen molar-refractivity contribution >= 4 is 16.9 Å². The molecule has 0 aliphatic rings. The molecular formula is C24H31N3O2. The van der Waals surface area contributed by atoms with Gasteiger partial charge in [0, 0.05) is 24.9 Å². The van der Waals surface area contributed by atoms with Gasteiger partial charge in [-0.05, 0) is 37.1 Å². The fourth-order valence-corrected chi connectivity index (χ4v) is 3.24. The highest BCUT2D eigenvalue weighted by Gasteiger charge is 2.20. The van der Waals surface area contributed by atoms with Crippen molar-refractivity contribution < 1.29 is 9.53 Å². The van der Waals surface area contributed by atoms with Gasteiger partial charge in [0.1, 0.15) is 11.6 Å². The molecule has 5 heteroatoms. The summed E-state index contributed by atoms with van der Waals surface area (Å²) in [6.07, 6.45) is 1.59. The molecule has 1 aromatic heterocycles. The molecule has 29 heavy (non-hydrogen) atoms. The summed E-state index contributed by atoms with van der Waals surface area (Å²) in [4.78, 5) is 16.9. The quantitative estimate of drug-likeness (QED) is 0.573. The number of nitrogens with zero attached hydrogens (tertiary/aromatic N) is 2. The first-order valence-corrected chi connectivity index (χ1v) is 10.3. The minimum absolute atomic E-state index is 0.0618. The first-order valence-electron chi connectivity index (χ1n) is 10.3. The number of nitrogens with one attached hydrogen (secondary N) is 1. The van der Waals surface area contributed by atoms with Crippen LogP contribution in [0.15, 0.2) is 48.5 Å². The van der Waals surface area contributed by atoms with Gasteiger partial charge in [-0.2, -0.15) is 0 Å². The summed E-state index contributed by atoms with van der Waals surface area (Å²) < 4.78 is 8.20. The summed E-state index contributed by atoms with van der Waals surface area (Å²) in [6, 6.07) is 16.3. The number of hydrogen-bond donors (Lipinski definition) is 1. The molecule has 1 N–H and O–H groups in total. The molecule has 0 spiro atoms. The van der Waals surface area contributed by atoms with Gasteiger partial charge in [-0.3, -0.25) is 4.79 Å². The van der Waals surface area contributed by atoms with E-state index in [4.69, 9.17) is 9.72 Å². The van der Waals surface area contributed by atoms with Crippen LogP contribution in [0, 0.1) is 12.3 Å². The van der Waals surface area contributed by atoms with Gasteiger partial charge >= 0.3 is 0 Å². The van der Waals surface area contributed by atoms with Crippen molar-refractivity contribution in [2.45, 2.75) is 47.1 Å². The Balaban J connectivity index is 1.63. The number of hydrogen-bond acceptors (Lipinski definition) is 3. The maximum atomic E-state index is 12.1. The minimum Gasteiger partial charge on any atom is -0.493 e. The number of fused-ring (bicyclic) bond motifs is 1. The predicted molar refractivity (Wildman–Crippen MR) is 117 cm³/mol. The first-order chi connectivity index (χ1) is 13.9. The molecule has 0 radical (unpaired) electrons. The Labute approximate surface area is 173 Å². The minimum atomic E-state index is -0.382. The second-order valence-corrected chi connectivity index (χ2v) is 8.39. The van der Waals surface area contributed by atoms with Crippen molar-refractivity contribution in [3.8, 4) is 5.75 Å². The number of ether oxygens (including phenoxy) is 1. The second-order valence-electron chi connectivity index (χ2n) is 8.39. The predicted octanol–water partition coefficient (Wildman–Crippen LogP) is 4.52. The maximum Gasteiger partial charge on any atom is 0.225 e. The molecule has 0 aliphatic heterocycles. The lowest BCUT2D eigenvalue weighted by Crippen LogP contribution is -2.36. The Morgan fingerprint density at radius 3 is 2.59 bits per heavy atom. The van der Waals surface area contributed by atoms with Gasteiger partial charge in [-0.15, -0.1) is 0 Å². The average molecular weight is 394 g/mol. The molecule has 0 saturated carbocycles. The first kappa shape index (κ1) is 20.9. The maximum absolute atomic E-state index is 12.1. The van der Waals surface area contributed by atoms with Crippen molar-refractivity contribution in [1.82, 2.24) is 14.9 Å². The SMILES string of the molecule is Cc1ccccc1OCCCn1c(CCNC(=O)C(C)(C)C)nc2ccccc21. The van der Waals surface area contributed by atoms with E-state index in [2.05, 4.69) is 28.9 Å². The summed E-state index contributed by atoms with van der Waals surface area (Å²) in [5.41, 5.74) is 2.88. The molecule has 3 rings (SSSR count). The number of amides is 1. The van der Waals surface area contributed by atoms with Crippen LogP contribution >= 0.6 is 0 Å². The van der Waals surface area contributed by atoms with Crippen LogP contribution in [0.4, 0.5) is 0 Å². The van der Waals surface area contributed by atoms with Gasteiger partial charge in [-0.25, -0.2) is 4.98 Å². The topological polar surface area (TPSA) is 56.1 Å². The molecule has 0 atom stereocenters. The van der Waals surface area contributed by atoms with E-state index in [1.54, 1.807) is 0 Å². The van der Waals surface area contributed by atoms with Crippen molar-refractivity contribution in [3.05, 3.63) is 59.9 Å². The lowest BCUT2D eigenvalue weighted by atomic mass is 9.96. The van der Waals surface area contributed by atoms with Crippen LogP contribution in [-0.4, -0.2) is 28.6 Å². The van der Waals surface area contributed by atoms with Crippen LogP contribution in [0.1, 0.15) is 38.6 Å². The summed E-state index contributed by atoms with van der Waals surface area (Å²) in [6.45, 7) is 9.89. The van der Waals surface area contributed by atoms with E-state index in [0.29, 0.717) is 19.6 Å². The van der Waals surface area contributed by atoms with Crippen LogP contribution in [0.25, 0.3) is 11.0 Å². The number of imidazole rings is 1. The zero-order chi connectivity index (χ0) is 20.9. The number of carbonyl (C=O) groups excluding carboxylic acids is 1. The number of para-hydroxylation sites is 3. The number of aryl methyl sites for hydroxylation is 2. The zero-order valence-corrected chi connectivity index (χ0v) is 17.9. The van der Waals surface area contributed by atoms with E-state index < -0.39 is 0 Å². The van der Waals surface area contributed by atoms with Crippen molar-refractivity contribution in [2.24, 2.45) is 5.41 Å². The molecule has 1 amide bonds. The van der Waals surface area contributed by atoms with Crippen LogP contribution in [-0.2, 0) is 17.8 Å². The van der Waals surface area contributed by atoms with Crippen LogP contribution in [0.5, 0.6) is 5.75 Å². The number of carbonyl (C=O) groups is 1. The third-order valence-corrected chi connectivity index (χ3v) is 4.93. The van der Waals surface area contributed by atoms with Crippen LogP contribution < -0.4 is 10.1 Å². The zero-order valence-electron chi connectivity index (χ0n) is 17.9. The highest BCUT2D eigenvalue weighted by Crippen LogP contribution is 2.19. The number of benzene rings is 2. The molecule has 2 aromatic carbocycles. The van der Waals surface area contributed by atoms with Gasteiger partial charge in [0.2, 0.25) is 5.91 Å². The Bertz CT molecular complexity index is 970. The van der Waals surface area contributed by atoms with Gasteiger partial charge in [-0.1, -0.05) is 51.1 Å². The lowest BCUT2D eigenvalue weighted by Gasteiger charge is -2.17. The van der Waals surface area contributed by atoms with Gasteiger partial charge in [0.05, 0.1) is 17.6 Å². The Morgan fingerprint density at radius 1 is 1.10 bits per heavy atom. The van der Waals surface area contributed by atoms with Gasteiger partial charge in [0.25, 0.3) is 0 Å². The molecule has 0 bridgehead atoms. The summed E-state index contributed by atoms with van der Waals surface area (Å²) in [5, 5.41) is 3.02. The van der Waals surface area contributed by atoms with Crippen LogP contribution in [0.2, 0.25) is 0 Å². The van der Waals surface area contributed by atoms with E-state index in [1.807, 2.05) is 57.2 Å². The van der Waals surface area contributed by atoms with E-state index in [-0.39, 0.29) is 11.3 Å². The Hall–Kier alpha value is -2.82. The summed E-state index contributed by atoms with van der Waals surface area (Å²) in [5.74, 6) is 2.00. The largest absolute Gasteiger partial charge is 0.493 e. The van der Waals surface area contributed by atoms with Crippen molar-refractivity contribution in [1.29, 1.82) is 0 Å². The molecule has 154 valence electrons. The highest BCUT2D eigenvalue weighted by atomic mass is 16.5. The van der Waals surface area contributed by atoms with E-state index in [9.17, 15) is 4.79 Å². The van der Waals surface area contributed by atoms with E-state index >= 15 is 0 Å².